The van der Waals surface area contributed by atoms with E-state index in [0.717, 1.165) is 46.6 Å². The highest BCUT2D eigenvalue weighted by molar-refractivity contribution is 6.01. The van der Waals surface area contributed by atoms with Crippen LogP contribution in [0.4, 0.5) is 5.69 Å². The summed E-state index contributed by atoms with van der Waals surface area (Å²) in [4.78, 5) is 39.9. The van der Waals surface area contributed by atoms with Crippen LogP contribution in [0.3, 0.4) is 0 Å². The number of para-hydroxylation sites is 1. The topological polar surface area (TPSA) is 116 Å². The maximum atomic E-state index is 13.7. The van der Waals surface area contributed by atoms with E-state index in [1.807, 2.05) is 67.1 Å². The third-order valence-corrected chi connectivity index (χ3v) is 7.71. The summed E-state index contributed by atoms with van der Waals surface area (Å²) in [5, 5.41) is 11.9. The number of anilines is 1. The van der Waals surface area contributed by atoms with Crippen LogP contribution < -0.4 is 10.2 Å². The molecule has 45 heavy (non-hydrogen) atoms. The van der Waals surface area contributed by atoms with Gasteiger partial charge in [-0.3, -0.25) is 14.4 Å². The Morgan fingerprint density at radius 1 is 0.889 bits per heavy atom. The molecule has 10 heteroatoms. The van der Waals surface area contributed by atoms with Gasteiger partial charge in [-0.1, -0.05) is 61.5 Å². The second kappa shape index (κ2) is 17.0. The molecule has 242 valence electrons. The molecule has 2 heterocycles. The van der Waals surface area contributed by atoms with E-state index < -0.39 is 0 Å². The Morgan fingerprint density at radius 3 is 2.42 bits per heavy atom. The van der Waals surface area contributed by atoms with Crippen molar-refractivity contribution in [2.45, 2.75) is 85.4 Å². The molecule has 0 aliphatic carbocycles. The molecule has 0 saturated carbocycles. The average molecular weight is 618 g/mol. The van der Waals surface area contributed by atoms with E-state index in [4.69, 9.17) is 9.47 Å². The van der Waals surface area contributed by atoms with Gasteiger partial charge in [-0.05, 0) is 44.2 Å². The molecule has 2 amide bonds. The number of hydrogen-bond donors (Lipinski definition) is 1. The number of fused-ring (bicyclic) bond motifs is 5. The fourth-order valence-electron chi connectivity index (χ4n) is 5.30. The van der Waals surface area contributed by atoms with Crippen molar-refractivity contribution in [3.8, 4) is 22.5 Å². The van der Waals surface area contributed by atoms with Gasteiger partial charge >= 0.3 is 0 Å². The molecule has 0 spiro atoms. The smallest absolute Gasteiger partial charge is 0.227 e. The number of ketones is 1. The van der Waals surface area contributed by atoms with Gasteiger partial charge in [0.05, 0.1) is 37.2 Å². The fourth-order valence-corrected chi connectivity index (χ4v) is 5.30. The standard InChI is InChI=1S/C35H47N5O5/c1-25(2)14-15-28(41)18-22-44-23-19-36-32(42)16-17-33(43)39-24-27-10-5-6-11-29(27)35-34(30-12-7-8-13-31(30)39)37-38-40(35)20-9-21-45-26(3)4/h5-8,10-13,25-26H,9,14-24H2,1-4H3,(H,36,42). The van der Waals surface area contributed by atoms with Crippen molar-refractivity contribution in [3.63, 3.8) is 0 Å². The van der Waals surface area contributed by atoms with Crippen LogP contribution in [0.2, 0.25) is 0 Å². The monoisotopic (exact) mass is 617 g/mol. The van der Waals surface area contributed by atoms with E-state index in [-0.39, 0.29) is 36.5 Å². The number of carbonyl (C=O) groups excluding carboxylic acids is 3. The van der Waals surface area contributed by atoms with Gasteiger partial charge in [-0.2, -0.15) is 0 Å². The van der Waals surface area contributed by atoms with Crippen molar-refractivity contribution in [1.29, 1.82) is 0 Å². The normalized spacial score (nSPS) is 12.4. The summed E-state index contributed by atoms with van der Waals surface area (Å²) in [6.07, 6.45) is 2.95. The van der Waals surface area contributed by atoms with Crippen molar-refractivity contribution in [2.24, 2.45) is 5.92 Å². The van der Waals surface area contributed by atoms with E-state index in [9.17, 15) is 14.4 Å². The van der Waals surface area contributed by atoms with Crippen LogP contribution >= 0.6 is 0 Å². The van der Waals surface area contributed by atoms with E-state index in [0.29, 0.717) is 58.2 Å². The van der Waals surface area contributed by atoms with Gasteiger partial charge in [-0.25, -0.2) is 4.68 Å². The highest BCUT2D eigenvalue weighted by Gasteiger charge is 2.29. The van der Waals surface area contributed by atoms with Gasteiger partial charge in [0.1, 0.15) is 11.5 Å². The molecule has 1 aliphatic rings. The van der Waals surface area contributed by atoms with Crippen LogP contribution in [0.15, 0.2) is 48.5 Å². The zero-order valence-corrected chi connectivity index (χ0v) is 27.1. The minimum Gasteiger partial charge on any atom is -0.379 e. The molecule has 1 aliphatic heterocycles. The molecule has 0 atom stereocenters. The Bertz CT molecular complexity index is 1430. The van der Waals surface area contributed by atoms with Gasteiger partial charge in [0.15, 0.2) is 0 Å². The van der Waals surface area contributed by atoms with Crippen LogP contribution in [-0.2, 0) is 36.9 Å². The lowest BCUT2D eigenvalue weighted by molar-refractivity contribution is -0.125. The summed E-state index contributed by atoms with van der Waals surface area (Å²) < 4.78 is 13.2. The van der Waals surface area contributed by atoms with Crippen molar-refractivity contribution >= 4 is 23.3 Å². The predicted octanol–water partition coefficient (Wildman–Crippen LogP) is 5.58. The molecule has 0 saturated heterocycles. The number of rotatable bonds is 17. The first-order valence-electron chi connectivity index (χ1n) is 16.1. The molecular weight excluding hydrogens is 570 g/mol. The molecule has 0 unspecified atom stereocenters. The Labute approximate surface area is 266 Å². The fraction of sp³-hybridized carbons (Fsp3) is 0.514. The van der Waals surface area contributed by atoms with E-state index in [2.05, 4.69) is 29.5 Å². The number of aryl methyl sites for hydroxylation is 1. The first-order valence-corrected chi connectivity index (χ1v) is 16.1. The van der Waals surface area contributed by atoms with Crippen LogP contribution in [0, 0.1) is 5.92 Å². The number of nitrogens with zero attached hydrogens (tertiary/aromatic N) is 4. The molecule has 4 rings (SSSR count). The van der Waals surface area contributed by atoms with Gasteiger partial charge in [0.2, 0.25) is 11.8 Å². The lowest BCUT2D eigenvalue weighted by Gasteiger charge is -2.28. The summed E-state index contributed by atoms with van der Waals surface area (Å²) in [5.41, 5.74) is 5.17. The highest BCUT2D eigenvalue weighted by atomic mass is 16.5. The number of ether oxygens (including phenoxy) is 2. The van der Waals surface area contributed by atoms with Gasteiger partial charge in [0.25, 0.3) is 0 Å². The summed E-state index contributed by atoms with van der Waals surface area (Å²) in [7, 11) is 0. The number of aromatic nitrogens is 3. The molecule has 3 aromatic rings. The first kappa shape index (κ1) is 34.0. The molecular formula is C35H47N5O5. The van der Waals surface area contributed by atoms with Crippen LogP contribution in [0.25, 0.3) is 22.5 Å². The van der Waals surface area contributed by atoms with Crippen molar-refractivity contribution < 1.29 is 23.9 Å². The molecule has 1 aromatic heterocycles. The van der Waals surface area contributed by atoms with E-state index >= 15 is 0 Å². The predicted molar refractivity (Wildman–Crippen MR) is 175 cm³/mol. The Kier molecular flexibility index (Phi) is 12.8. The average Bonchev–Trinajstić information content (AvgIpc) is 3.43. The van der Waals surface area contributed by atoms with Gasteiger partial charge in [0, 0.05) is 56.5 Å². The number of amides is 2. The number of nitrogens with one attached hydrogen (secondary N) is 1. The summed E-state index contributed by atoms with van der Waals surface area (Å²) >= 11 is 0. The third-order valence-electron chi connectivity index (χ3n) is 7.71. The number of carbonyl (C=O) groups is 3. The molecule has 0 bridgehead atoms. The van der Waals surface area contributed by atoms with Gasteiger partial charge < -0.3 is 19.7 Å². The van der Waals surface area contributed by atoms with Crippen molar-refractivity contribution in [1.82, 2.24) is 20.3 Å². The second-order valence-electron chi connectivity index (χ2n) is 12.1. The summed E-state index contributed by atoms with van der Waals surface area (Å²) in [5.74, 6) is 0.344. The molecule has 2 aromatic carbocycles. The maximum Gasteiger partial charge on any atom is 0.227 e. The Hall–Kier alpha value is -3.89. The van der Waals surface area contributed by atoms with Crippen LogP contribution in [0.1, 0.15) is 71.8 Å². The molecule has 0 radical (unpaired) electrons. The van der Waals surface area contributed by atoms with Crippen LogP contribution in [-0.4, -0.2) is 65.1 Å². The minimum atomic E-state index is -0.215. The zero-order valence-electron chi connectivity index (χ0n) is 27.1. The highest BCUT2D eigenvalue weighted by Crippen LogP contribution is 2.41. The number of Topliss-reactive ketones (excluding diaryl/α,β-unsaturated/α-hetero) is 1. The van der Waals surface area contributed by atoms with E-state index in [1.54, 1.807) is 4.90 Å². The van der Waals surface area contributed by atoms with Gasteiger partial charge in [-0.15, -0.1) is 5.10 Å². The molecule has 0 fully saturated rings. The maximum absolute atomic E-state index is 13.7. The minimum absolute atomic E-state index is 0.0585. The zero-order chi connectivity index (χ0) is 32.2. The third kappa shape index (κ3) is 9.80. The quantitative estimate of drug-likeness (QED) is 0.197. The summed E-state index contributed by atoms with van der Waals surface area (Å²) in [6.45, 7) is 10.9. The Morgan fingerprint density at radius 2 is 1.64 bits per heavy atom. The van der Waals surface area contributed by atoms with Crippen LogP contribution in [0.5, 0.6) is 0 Å². The SMILES string of the molecule is CC(C)CCC(=O)CCOCCNC(=O)CCC(=O)N1Cc2ccccc2-c2c(nnn2CCCOC(C)C)-c2ccccc21. The lowest BCUT2D eigenvalue weighted by Crippen LogP contribution is -2.34. The number of benzene rings is 2. The molecule has 1 N–H and O–H groups in total. The second-order valence-corrected chi connectivity index (χ2v) is 12.1. The first-order chi connectivity index (χ1) is 21.7. The Balaban J connectivity index is 1.38. The summed E-state index contributed by atoms with van der Waals surface area (Å²) in [6, 6.07) is 15.8. The lowest BCUT2D eigenvalue weighted by atomic mass is 9.95. The van der Waals surface area contributed by atoms with Crippen molar-refractivity contribution in [2.75, 3.05) is 31.3 Å². The number of hydrogen-bond acceptors (Lipinski definition) is 7. The molecule has 10 nitrogen and oxygen atoms in total. The van der Waals surface area contributed by atoms with E-state index in [1.165, 1.54) is 0 Å². The van der Waals surface area contributed by atoms with Crippen molar-refractivity contribution in [3.05, 3.63) is 54.1 Å². The largest absolute Gasteiger partial charge is 0.379 e.